The maximum atomic E-state index is 12.8. The number of carbonyl (C=O) groups is 1. The lowest BCUT2D eigenvalue weighted by molar-refractivity contribution is 0.0693. The van der Waals surface area contributed by atoms with E-state index < -0.39 is 0 Å². The van der Waals surface area contributed by atoms with Gasteiger partial charge in [-0.15, -0.1) is 0 Å². The van der Waals surface area contributed by atoms with E-state index in [4.69, 9.17) is 5.73 Å². The van der Waals surface area contributed by atoms with Gasteiger partial charge in [0.25, 0.3) is 5.91 Å². The molecule has 1 aliphatic rings. The molecule has 0 bridgehead atoms. The van der Waals surface area contributed by atoms with Crippen LogP contribution < -0.4 is 5.73 Å². The van der Waals surface area contributed by atoms with Crippen LogP contribution in [0.1, 0.15) is 28.8 Å². The first kappa shape index (κ1) is 17.7. The first-order valence-electron chi connectivity index (χ1n) is 9.59. The molecule has 1 amide bonds. The molecule has 1 saturated heterocycles. The van der Waals surface area contributed by atoms with Gasteiger partial charge in [-0.25, -0.2) is 9.97 Å². The molecular formula is C21H25N5O. The molecule has 3 aromatic rings. The summed E-state index contributed by atoms with van der Waals surface area (Å²) in [4.78, 5) is 23.7. The van der Waals surface area contributed by atoms with Crippen LogP contribution in [0.3, 0.4) is 0 Å². The van der Waals surface area contributed by atoms with E-state index >= 15 is 0 Å². The lowest BCUT2D eigenvalue weighted by Crippen LogP contribution is -2.40. The summed E-state index contributed by atoms with van der Waals surface area (Å²) in [7, 11) is 0. The van der Waals surface area contributed by atoms with Gasteiger partial charge in [0.2, 0.25) is 0 Å². The second kappa shape index (κ2) is 7.88. The Morgan fingerprint density at radius 1 is 1.15 bits per heavy atom. The molecule has 4 rings (SSSR count). The summed E-state index contributed by atoms with van der Waals surface area (Å²) in [5, 5.41) is 0. The minimum absolute atomic E-state index is 0.0405. The minimum Gasteiger partial charge on any atom is -0.339 e. The summed E-state index contributed by atoms with van der Waals surface area (Å²) in [5.74, 6) is 0.577. The third kappa shape index (κ3) is 3.85. The number of benzene rings is 1. The van der Waals surface area contributed by atoms with Crippen LogP contribution in [0.25, 0.3) is 11.2 Å². The Labute approximate surface area is 159 Å². The fourth-order valence-electron chi connectivity index (χ4n) is 3.68. The number of amides is 1. The van der Waals surface area contributed by atoms with Gasteiger partial charge in [-0.1, -0.05) is 30.3 Å². The van der Waals surface area contributed by atoms with E-state index in [-0.39, 0.29) is 5.91 Å². The molecule has 0 aliphatic carbocycles. The van der Waals surface area contributed by atoms with E-state index in [0.29, 0.717) is 18.0 Å². The molecule has 27 heavy (non-hydrogen) atoms. The first-order valence-corrected chi connectivity index (χ1v) is 9.59. The Balaban J connectivity index is 1.46. The zero-order valence-electron chi connectivity index (χ0n) is 15.4. The highest BCUT2D eigenvalue weighted by Crippen LogP contribution is 2.19. The summed E-state index contributed by atoms with van der Waals surface area (Å²) in [5.41, 5.74) is 9.23. The van der Waals surface area contributed by atoms with Crippen molar-refractivity contribution in [3.8, 4) is 0 Å². The highest BCUT2D eigenvalue weighted by molar-refractivity contribution is 5.96. The van der Waals surface area contributed by atoms with Crippen LogP contribution in [0, 0.1) is 5.92 Å². The summed E-state index contributed by atoms with van der Waals surface area (Å²) >= 11 is 0. The molecule has 6 nitrogen and oxygen atoms in total. The molecule has 0 radical (unpaired) electrons. The van der Waals surface area contributed by atoms with E-state index in [1.807, 2.05) is 40.1 Å². The predicted molar refractivity (Wildman–Crippen MR) is 105 cm³/mol. The van der Waals surface area contributed by atoms with E-state index in [0.717, 1.165) is 50.1 Å². The average molecular weight is 363 g/mol. The van der Waals surface area contributed by atoms with Crippen molar-refractivity contribution in [3.05, 3.63) is 60.0 Å². The van der Waals surface area contributed by atoms with Gasteiger partial charge in [0.15, 0.2) is 5.65 Å². The van der Waals surface area contributed by atoms with Crippen molar-refractivity contribution in [2.75, 3.05) is 19.6 Å². The number of hydrogen-bond acceptors (Lipinski definition) is 4. The summed E-state index contributed by atoms with van der Waals surface area (Å²) in [6, 6.07) is 12.2. The van der Waals surface area contributed by atoms with Crippen LogP contribution in [0.15, 0.2) is 48.9 Å². The molecule has 1 aliphatic heterocycles. The summed E-state index contributed by atoms with van der Waals surface area (Å²) in [6.45, 7) is 3.05. The maximum Gasteiger partial charge on any atom is 0.255 e. The Morgan fingerprint density at radius 2 is 1.93 bits per heavy atom. The van der Waals surface area contributed by atoms with E-state index in [1.165, 1.54) is 5.56 Å². The smallest absolute Gasteiger partial charge is 0.255 e. The van der Waals surface area contributed by atoms with Crippen molar-refractivity contribution < 1.29 is 4.79 Å². The number of imidazole rings is 1. The highest BCUT2D eigenvalue weighted by atomic mass is 16.2. The number of carbonyl (C=O) groups excluding carboxylic acids is 1. The zero-order chi connectivity index (χ0) is 18.6. The first-order chi connectivity index (χ1) is 13.2. The molecule has 140 valence electrons. The van der Waals surface area contributed by atoms with Gasteiger partial charge in [0.1, 0.15) is 5.52 Å². The van der Waals surface area contributed by atoms with Crippen molar-refractivity contribution in [3.63, 3.8) is 0 Å². The monoisotopic (exact) mass is 363 g/mol. The molecule has 3 heterocycles. The van der Waals surface area contributed by atoms with Crippen molar-refractivity contribution >= 4 is 17.1 Å². The molecule has 0 unspecified atom stereocenters. The van der Waals surface area contributed by atoms with E-state index in [1.54, 1.807) is 6.20 Å². The third-order valence-electron chi connectivity index (χ3n) is 5.42. The van der Waals surface area contributed by atoms with Gasteiger partial charge >= 0.3 is 0 Å². The SMILES string of the molecule is NCC1CCN(C(=O)c2cnc3c(c2)ncn3CCc2ccccc2)CC1. The molecule has 0 atom stereocenters. The quantitative estimate of drug-likeness (QED) is 0.755. The Bertz CT molecular complexity index is 913. The van der Waals surface area contributed by atoms with Crippen molar-refractivity contribution in [2.45, 2.75) is 25.8 Å². The summed E-state index contributed by atoms with van der Waals surface area (Å²) < 4.78 is 2.04. The van der Waals surface area contributed by atoms with Gasteiger partial charge in [0, 0.05) is 25.8 Å². The van der Waals surface area contributed by atoms with Crippen LogP contribution >= 0.6 is 0 Å². The van der Waals surface area contributed by atoms with E-state index in [2.05, 4.69) is 22.1 Å². The lowest BCUT2D eigenvalue weighted by atomic mass is 9.97. The number of pyridine rings is 1. The van der Waals surface area contributed by atoms with Crippen molar-refractivity contribution in [1.29, 1.82) is 0 Å². The molecule has 0 saturated carbocycles. The number of aromatic nitrogens is 3. The largest absolute Gasteiger partial charge is 0.339 e. The highest BCUT2D eigenvalue weighted by Gasteiger charge is 2.23. The zero-order valence-corrected chi connectivity index (χ0v) is 15.4. The Kier molecular flexibility index (Phi) is 5.16. The number of likely N-dealkylation sites (tertiary alicyclic amines) is 1. The molecule has 2 N–H and O–H groups in total. The number of piperidine rings is 1. The van der Waals surface area contributed by atoms with Crippen molar-refractivity contribution in [1.82, 2.24) is 19.4 Å². The van der Waals surface area contributed by atoms with Gasteiger partial charge in [-0.3, -0.25) is 4.79 Å². The minimum atomic E-state index is 0.0405. The normalized spacial score (nSPS) is 15.4. The van der Waals surface area contributed by atoms with E-state index in [9.17, 15) is 4.79 Å². The van der Waals surface area contributed by atoms with Crippen LogP contribution in [-0.4, -0.2) is 45.0 Å². The van der Waals surface area contributed by atoms with Gasteiger partial charge < -0.3 is 15.2 Å². The fourth-order valence-corrected chi connectivity index (χ4v) is 3.68. The van der Waals surface area contributed by atoms with Crippen LogP contribution in [0.5, 0.6) is 0 Å². The molecule has 0 spiro atoms. The predicted octanol–water partition coefficient (Wildman–Crippen LogP) is 2.48. The molecule has 1 aromatic carbocycles. The number of fused-ring (bicyclic) bond motifs is 1. The maximum absolute atomic E-state index is 12.8. The fraction of sp³-hybridized carbons (Fsp3) is 0.381. The second-order valence-electron chi connectivity index (χ2n) is 7.21. The number of rotatable bonds is 5. The molecule has 6 heteroatoms. The molecule has 1 fully saturated rings. The van der Waals surface area contributed by atoms with Gasteiger partial charge in [0.05, 0.1) is 11.9 Å². The van der Waals surface area contributed by atoms with Crippen molar-refractivity contribution in [2.24, 2.45) is 11.7 Å². The van der Waals surface area contributed by atoms with Gasteiger partial charge in [-0.2, -0.15) is 0 Å². The Hall–Kier alpha value is -2.73. The second-order valence-corrected chi connectivity index (χ2v) is 7.21. The molecule has 2 aromatic heterocycles. The van der Waals surface area contributed by atoms with Crippen LogP contribution in [0.4, 0.5) is 0 Å². The standard InChI is InChI=1S/C21H25N5O/c22-13-17-7-9-25(10-8-17)21(27)18-12-19-20(23-14-18)26(15-24-19)11-6-16-4-2-1-3-5-16/h1-5,12,14-15,17H,6-11,13,22H2. The number of nitrogens with zero attached hydrogens (tertiary/aromatic N) is 4. The number of nitrogens with two attached hydrogens (primary N) is 1. The number of aryl methyl sites for hydroxylation is 2. The lowest BCUT2D eigenvalue weighted by Gasteiger charge is -2.31. The Morgan fingerprint density at radius 3 is 2.67 bits per heavy atom. The van der Waals surface area contributed by atoms with Crippen LogP contribution in [-0.2, 0) is 13.0 Å². The topological polar surface area (TPSA) is 77.0 Å². The average Bonchev–Trinajstić information content (AvgIpc) is 3.15. The summed E-state index contributed by atoms with van der Waals surface area (Å²) in [6.07, 6.45) is 6.37. The molecular weight excluding hydrogens is 338 g/mol. The van der Waals surface area contributed by atoms with Crippen LogP contribution in [0.2, 0.25) is 0 Å². The van der Waals surface area contributed by atoms with Gasteiger partial charge in [-0.05, 0) is 43.4 Å². The number of hydrogen-bond donors (Lipinski definition) is 1. The third-order valence-corrected chi connectivity index (χ3v) is 5.42.